The Bertz CT molecular complexity index is 1780. The highest BCUT2D eigenvalue weighted by Gasteiger charge is 2.31. The van der Waals surface area contributed by atoms with E-state index >= 15 is 0 Å². The van der Waals surface area contributed by atoms with Crippen LogP contribution < -0.4 is 24.4 Å². The van der Waals surface area contributed by atoms with Gasteiger partial charge in [-0.25, -0.2) is 9.79 Å². The lowest BCUT2D eigenvalue weighted by Gasteiger charge is -2.23. The summed E-state index contributed by atoms with van der Waals surface area (Å²) in [5.41, 5.74) is 3.95. The van der Waals surface area contributed by atoms with Gasteiger partial charge < -0.3 is 18.8 Å². The van der Waals surface area contributed by atoms with Crippen molar-refractivity contribution in [2.24, 2.45) is 4.99 Å². The van der Waals surface area contributed by atoms with Crippen molar-refractivity contribution in [2.45, 2.75) is 40.3 Å². The second kappa shape index (κ2) is 10.9. The Morgan fingerprint density at radius 1 is 1.08 bits per heavy atom. The van der Waals surface area contributed by atoms with Crippen molar-refractivity contribution in [3.63, 3.8) is 0 Å². The van der Waals surface area contributed by atoms with Gasteiger partial charge in [-0.3, -0.25) is 9.36 Å². The zero-order valence-electron chi connectivity index (χ0n) is 22.7. The van der Waals surface area contributed by atoms with E-state index in [2.05, 4.69) is 35.5 Å². The summed E-state index contributed by atoms with van der Waals surface area (Å²) in [7, 11) is 1.32. The maximum atomic E-state index is 14.0. The summed E-state index contributed by atoms with van der Waals surface area (Å²) in [5, 5.41) is 1.09. The first kappa shape index (κ1) is 26.5. The Balaban J connectivity index is 1.73. The predicted molar refractivity (Wildman–Crippen MR) is 152 cm³/mol. The molecule has 0 saturated carbocycles. The number of aryl methyl sites for hydroxylation is 1. The van der Waals surface area contributed by atoms with Crippen LogP contribution in [0.3, 0.4) is 0 Å². The summed E-state index contributed by atoms with van der Waals surface area (Å²) < 4.78 is 21.0. The normalized spacial score (nSPS) is 15.1. The average molecular weight is 546 g/mol. The standard InChI is InChI=1S/C30H31N3O5S/c1-6-32-18(4)21(20-11-9-10-12-23(20)32)16-26-28(34)33-27(22(29(35)36-5)17-31-30(33)39-26)19-13-14-24(37-7-2)25(15-19)38-8-3/h9-17,27H,6-8H2,1-5H3/b26-16+/t27-/m0/s1. The lowest BCUT2D eigenvalue weighted by molar-refractivity contribution is -0.136. The fraction of sp³-hybridized carbons (Fsp3) is 0.300. The van der Waals surface area contributed by atoms with Gasteiger partial charge in [0.15, 0.2) is 16.3 Å². The van der Waals surface area contributed by atoms with Crippen LogP contribution in [0.1, 0.15) is 43.6 Å². The SMILES string of the molecule is CCOc1ccc([C@H]2C(C(=O)OC)=CN=c3s/c(=C/c4c(C)n(CC)c5ccccc45)c(=O)n32)cc1OCC. The number of benzene rings is 2. The Kier molecular flexibility index (Phi) is 7.43. The molecule has 1 aliphatic heterocycles. The third kappa shape index (κ3) is 4.57. The number of esters is 1. The molecule has 2 aromatic heterocycles. The molecule has 0 radical (unpaired) electrons. The molecule has 5 rings (SSSR count). The lowest BCUT2D eigenvalue weighted by atomic mass is 9.97. The van der Waals surface area contributed by atoms with Crippen LogP contribution in [-0.2, 0) is 16.1 Å². The van der Waals surface area contributed by atoms with Crippen molar-refractivity contribution in [1.82, 2.24) is 9.13 Å². The molecule has 1 aliphatic rings. The zero-order chi connectivity index (χ0) is 27.7. The van der Waals surface area contributed by atoms with Gasteiger partial charge in [0, 0.05) is 34.9 Å². The fourth-order valence-corrected chi connectivity index (χ4v) is 6.12. The van der Waals surface area contributed by atoms with Gasteiger partial charge in [-0.2, -0.15) is 0 Å². The first-order valence-corrected chi connectivity index (χ1v) is 13.8. The Morgan fingerprint density at radius 2 is 1.82 bits per heavy atom. The molecule has 1 atom stereocenters. The number of rotatable bonds is 8. The molecule has 0 unspecified atom stereocenters. The molecule has 0 amide bonds. The van der Waals surface area contributed by atoms with Crippen LogP contribution in [0.15, 0.2) is 64.0 Å². The van der Waals surface area contributed by atoms with E-state index < -0.39 is 12.0 Å². The van der Waals surface area contributed by atoms with Crippen molar-refractivity contribution in [2.75, 3.05) is 20.3 Å². The minimum Gasteiger partial charge on any atom is -0.490 e. The lowest BCUT2D eigenvalue weighted by Crippen LogP contribution is -2.39. The molecule has 0 fully saturated rings. The van der Waals surface area contributed by atoms with Crippen LogP contribution in [0.5, 0.6) is 11.5 Å². The van der Waals surface area contributed by atoms with Crippen LogP contribution in [-0.4, -0.2) is 35.4 Å². The second-order valence-electron chi connectivity index (χ2n) is 9.01. The quantitative estimate of drug-likeness (QED) is 0.312. The molecular formula is C30H31N3O5S. The summed E-state index contributed by atoms with van der Waals surface area (Å²) in [6, 6.07) is 12.9. The fourth-order valence-electron chi connectivity index (χ4n) is 5.17. The maximum Gasteiger partial charge on any atom is 0.337 e. The van der Waals surface area contributed by atoms with Crippen molar-refractivity contribution >= 4 is 34.3 Å². The van der Waals surface area contributed by atoms with Gasteiger partial charge in [-0.1, -0.05) is 35.6 Å². The molecule has 2 aromatic carbocycles. The molecule has 39 heavy (non-hydrogen) atoms. The van der Waals surface area contributed by atoms with Crippen molar-refractivity contribution in [1.29, 1.82) is 0 Å². The van der Waals surface area contributed by atoms with E-state index in [9.17, 15) is 9.59 Å². The van der Waals surface area contributed by atoms with E-state index in [-0.39, 0.29) is 11.1 Å². The van der Waals surface area contributed by atoms with E-state index in [1.54, 1.807) is 10.6 Å². The number of carbonyl (C=O) groups excluding carboxylic acids is 1. The highest BCUT2D eigenvalue weighted by molar-refractivity contribution is 7.07. The van der Waals surface area contributed by atoms with Gasteiger partial charge >= 0.3 is 5.97 Å². The predicted octanol–water partition coefficient (Wildman–Crippen LogP) is 4.10. The van der Waals surface area contributed by atoms with Gasteiger partial charge in [-0.15, -0.1) is 0 Å². The molecule has 0 N–H and O–H groups in total. The molecule has 3 heterocycles. The number of nitrogens with zero attached hydrogens (tertiary/aromatic N) is 3. The van der Waals surface area contributed by atoms with Gasteiger partial charge in [-0.05, 0) is 57.5 Å². The molecule has 8 nitrogen and oxygen atoms in total. The Hall–Kier alpha value is -4.11. The molecule has 4 aromatic rings. The van der Waals surface area contributed by atoms with Crippen LogP contribution in [0.4, 0.5) is 0 Å². The smallest absolute Gasteiger partial charge is 0.337 e. The largest absolute Gasteiger partial charge is 0.490 e. The van der Waals surface area contributed by atoms with Crippen molar-refractivity contribution in [3.05, 3.63) is 90.7 Å². The summed E-state index contributed by atoms with van der Waals surface area (Å²) in [4.78, 5) is 31.8. The van der Waals surface area contributed by atoms with E-state index in [1.807, 2.05) is 44.2 Å². The minimum atomic E-state index is -0.733. The number of thiazole rings is 1. The number of methoxy groups -OCH3 is 1. The number of fused-ring (bicyclic) bond motifs is 2. The number of ether oxygens (including phenoxy) is 3. The summed E-state index contributed by atoms with van der Waals surface area (Å²) in [6.45, 7) is 9.72. The monoisotopic (exact) mass is 545 g/mol. The number of para-hydroxylation sites is 1. The van der Waals surface area contributed by atoms with Gasteiger partial charge in [0.25, 0.3) is 5.56 Å². The van der Waals surface area contributed by atoms with Gasteiger partial charge in [0.1, 0.15) is 0 Å². The third-order valence-electron chi connectivity index (χ3n) is 6.88. The average Bonchev–Trinajstić information content (AvgIpc) is 3.41. The van der Waals surface area contributed by atoms with Gasteiger partial charge in [0.2, 0.25) is 0 Å². The Labute approximate surface area is 230 Å². The van der Waals surface area contributed by atoms with Crippen LogP contribution in [0.25, 0.3) is 17.0 Å². The summed E-state index contributed by atoms with van der Waals surface area (Å²) in [6.07, 6.45) is 3.44. The molecule has 0 saturated heterocycles. The van der Waals surface area contributed by atoms with Crippen LogP contribution in [0, 0.1) is 6.92 Å². The van der Waals surface area contributed by atoms with Crippen molar-refractivity contribution < 1.29 is 19.0 Å². The number of hydrogen-bond acceptors (Lipinski definition) is 7. The van der Waals surface area contributed by atoms with E-state index in [1.165, 1.54) is 24.6 Å². The summed E-state index contributed by atoms with van der Waals surface area (Å²) in [5.74, 6) is 0.594. The zero-order valence-corrected chi connectivity index (χ0v) is 23.5. The molecular weight excluding hydrogens is 514 g/mol. The second-order valence-corrected chi connectivity index (χ2v) is 10.0. The molecule has 0 aliphatic carbocycles. The van der Waals surface area contributed by atoms with E-state index in [0.717, 1.165) is 28.7 Å². The maximum absolute atomic E-state index is 14.0. The van der Waals surface area contributed by atoms with Crippen LogP contribution in [0.2, 0.25) is 0 Å². The molecule has 202 valence electrons. The molecule has 0 bridgehead atoms. The Morgan fingerprint density at radius 3 is 2.54 bits per heavy atom. The number of aromatic nitrogens is 2. The van der Waals surface area contributed by atoms with Crippen LogP contribution >= 0.6 is 11.3 Å². The molecule has 9 heteroatoms. The van der Waals surface area contributed by atoms with Crippen molar-refractivity contribution in [3.8, 4) is 11.5 Å². The molecule has 0 spiro atoms. The first-order chi connectivity index (χ1) is 18.9. The highest BCUT2D eigenvalue weighted by atomic mass is 32.1. The van der Waals surface area contributed by atoms with Gasteiger partial charge in [0.05, 0.1) is 36.5 Å². The number of carbonyl (C=O) groups is 1. The number of hydrogen-bond donors (Lipinski definition) is 0. The topological polar surface area (TPSA) is 84.0 Å². The highest BCUT2D eigenvalue weighted by Crippen LogP contribution is 2.35. The third-order valence-corrected chi connectivity index (χ3v) is 7.88. The van der Waals surface area contributed by atoms with E-state index in [0.29, 0.717) is 39.6 Å². The first-order valence-electron chi connectivity index (χ1n) is 13.0. The summed E-state index contributed by atoms with van der Waals surface area (Å²) >= 11 is 1.30. The van der Waals surface area contributed by atoms with E-state index in [4.69, 9.17) is 14.2 Å². The minimum absolute atomic E-state index is 0.224.